The van der Waals surface area contributed by atoms with Gasteiger partial charge in [0.05, 0.1) is 0 Å². The molecule has 0 fully saturated rings. The molecule has 0 unspecified atom stereocenters. The van der Waals surface area contributed by atoms with Crippen LogP contribution >= 0.6 is 0 Å². The summed E-state index contributed by atoms with van der Waals surface area (Å²) < 4.78 is 3.09. The van der Waals surface area contributed by atoms with Gasteiger partial charge in [-0.25, -0.2) is 0 Å². The van der Waals surface area contributed by atoms with Crippen molar-refractivity contribution in [2.75, 3.05) is 0 Å². The molecule has 0 spiro atoms. The Labute approximate surface area is 79.7 Å². The molecule has 2 aliphatic rings. The van der Waals surface area contributed by atoms with E-state index in [1.807, 2.05) is 0 Å². The average molecular weight is 203 g/mol. The van der Waals surface area contributed by atoms with Gasteiger partial charge in [-0.2, -0.15) is 0 Å². The first kappa shape index (κ1) is 8.08. The van der Waals surface area contributed by atoms with Crippen LogP contribution in [0.15, 0.2) is 45.5 Å². The Morgan fingerprint density at radius 2 is 1.83 bits per heavy atom. The molecule has 0 atom stereocenters. The summed E-state index contributed by atoms with van der Waals surface area (Å²) in [6, 6.07) is 0. The molecule has 0 N–H and O–H groups in total. The van der Waals surface area contributed by atoms with Crippen molar-refractivity contribution in [3.8, 4) is 0 Å². The predicted molar refractivity (Wildman–Crippen MR) is 48.3 cm³/mol. The van der Waals surface area contributed by atoms with Crippen LogP contribution in [0.4, 0.5) is 0 Å². The molecule has 1 heteroatoms. The summed E-state index contributed by atoms with van der Waals surface area (Å²) in [6.45, 7) is 0. The third kappa shape index (κ3) is 1.99. The van der Waals surface area contributed by atoms with E-state index in [0.717, 1.165) is 6.42 Å². The van der Waals surface area contributed by atoms with Crippen molar-refractivity contribution in [2.45, 2.75) is 19.3 Å². The molecule has 0 aromatic carbocycles. The molecule has 0 aliphatic heterocycles. The van der Waals surface area contributed by atoms with Crippen molar-refractivity contribution in [1.82, 2.24) is 0 Å². The van der Waals surface area contributed by atoms with E-state index in [-0.39, 0.29) is 0 Å². The van der Waals surface area contributed by atoms with Gasteiger partial charge < -0.3 is 0 Å². The van der Waals surface area contributed by atoms with E-state index in [1.54, 1.807) is 4.51 Å². The SMILES string of the molecule is C1=CCC[C]([Co][C]2=CC=CC2)=C1. The fraction of sp³-hybridized carbons (Fsp3) is 0.273. The first-order valence-corrected chi connectivity index (χ1v) is 5.31. The Balaban J connectivity index is 1.94. The van der Waals surface area contributed by atoms with Gasteiger partial charge in [0, 0.05) is 0 Å². The van der Waals surface area contributed by atoms with Gasteiger partial charge in [-0.15, -0.1) is 0 Å². The predicted octanol–water partition coefficient (Wildman–Crippen LogP) is 3.15. The van der Waals surface area contributed by atoms with E-state index in [1.165, 1.54) is 32.0 Å². The van der Waals surface area contributed by atoms with Crippen LogP contribution in [0.5, 0.6) is 0 Å². The van der Waals surface area contributed by atoms with E-state index >= 15 is 0 Å². The van der Waals surface area contributed by atoms with Gasteiger partial charge in [-0.05, 0) is 0 Å². The van der Waals surface area contributed by atoms with Gasteiger partial charge in [0.1, 0.15) is 0 Å². The number of allylic oxidation sites excluding steroid dienone is 8. The molecular weight excluding hydrogens is 191 g/mol. The molecule has 0 heterocycles. The zero-order valence-corrected chi connectivity index (χ0v) is 7.96. The average Bonchev–Trinajstić information content (AvgIpc) is 2.59. The van der Waals surface area contributed by atoms with E-state index < -0.39 is 0 Å². The van der Waals surface area contributed by atoms with Crippen molar-refractivity contribution in [1.29, 1.82) is 0 Å². The van der Waals surface area contributed by atoms with Gasteiger partial charge >= 0.3 is 79.4 Å². The van der Waals surface area contributed by atoms with E-state index in [4.69, 9.17) is 0 Å². The molecule has 0 saturated heterocycles. The number of rotatable bonds is 2. The van der Waals surface area contributed by atoms with Crippen LogP contribution in [0, 0.1) is 0 Å². The molecular formula is C11H12Co. The molecule has 65 valence electrons. The quantitative estimate of drug-likeness (QED) is 0.646. The van der Waals surface area contributed by atoms with Gasteiger partial charge in [0.2, 0.25) is 0 Å². The normalized spacial score (nSPS) is 21.3. The second-order valence-electron chi connectivity index (χ2n) is 2.85. The summed E-state index contributed by atoms with van der Waals surface area (Å²) in [4.78, 5) is 0. The van der Waals surface area contributed by atoms with Crippen LogP contribution in [0.3, 0.4) is 0 Å². The zero-order valence-electron chi connectivity index (χ0n) is 6.92. The summed E-state index contributed by atoms with van der Waals surface area (Å²) in [5.74, 6) is 0. The van der Waals surface area contributed by atoms with Crippen molar-refractivity contribution < 1.29 is 14.7 Å². The van der Waals surface area contributed by atoms with E-state index in [9.17, 15) is 0 Å². The van der Waals surface area contributed by atoms with Crippen molar-refractivity contribution in [3.63, 3.8) is 0 Å². The Kier molecular flexibility index (Phi) is 2.64. The van der Waals surface area contributed by atoms with Crippen molar-refractivity contribution in [2.24, 2.45) is 0 Å². The molecule has 0 nitrogen and oxygen atoms in total. The third-order valence-electron chi connectivity index (χ3n) is 1.87. The van der Waals surface area contributed by atoms with Crippen molar-refractivity contribution >= 4 is 0 Å². The molecule has 2 aliphatic carbocycles. The Bertz CT molecular complexity index is 279. The minimum absolute atomic E-state index is 1.15. The van der Waals surface area contributed by atoms with Gasteiger partial charge in [0.15, 0.2) is 0 Å². The maximum absolute atomic E-state index is 2.25. The fourth-order valence-corrected chi connectivity index (χ4v) is 2.56. The van der Waals surface area contributed by atoms with Crippen LogP contribution in [0.25, 0.3) is 0 Å². The molecule has 0 radical (unpaired) electrons. The van der Waals surface area contributed by atoms with Gasteiger partial charge in [0.25, 0.3) is 0 Å². The summed E-state index contributed by atoms with van der Waals surface area (Å²) >= 11 is 1.47. The first-order chi connectivity index (χ1) is 5.95. The van der Waals surface area contributed by atoms with Crippen LogP contribution in [-0.4, -0.2) is 0 Å². The Morgan fingerprint density at radius 1 is 1.00 bits per heavy atom. The number of hydrogen-bond acceptors (Lipinski definition) is 0. The van der Waals surface area contributed by atoms with Crippen LogP contribution in [-0.2, 0) is 14.7 Å². The topological polar surface area (TPSA) is 0 Å². The molecule has 0 amide bonds. The summed E-state index contributed by atoms with van der Waals surface area (Å²) in [5, 5.41) is 0. The Morgan fingerprint density at radius 3 is 2.50 bits per heavy atom. The zero-order chi connectivity index (χ0) is 8.23. The monoisotopic (exact) mass is 203 g/mol. The first-order valence-electron chi connectivity index (χ1n) is 4.27. The van der Waals surface area contributed by atoms with E-state index in [0.29, 0.717) is 0 Å². The summed E-state index contributed by atoms with van der Waals surface area (Å²) in [7, 11) is 0. The van der Waals surface area contributed by atoms with Crippen LogP contribution in [0.2, 0.25) is 0 Å². The second-order valence-corrected chi connectivity index (χ2v) is 4.45. The third-order valence-corrected chi connectivity index (χ3v) is 3.36. The van der Waals surface area contributed by atoms with Crippen LogP contribution in [0.1, 0.15) is 19.3 Å². The molecule has 0 bridgehead atoms. The number of hydrogen-bond donors (Lipinski definition) is 0. The summed E-state index contributed by atoms with van der Waals surface area (Å²) in [5.41, 5.74) is 0. The fourth-order valence-electron chi connectivity index (χ4n) is 1.24. The Hall–Kier alpha value is -0.534. The standard InChI is InChI=1S/C6H7.C5H5.Co/c1-2-4-6-5-3-1;1-2-4-5-3-1;/h1-3H,4,6H2;1-3H,4H2;. The summed E-state index contributed by atoms with van der Waals surface area (Å²) in [6.07, 6.45) is 16.9. The molecule has 0 aromatic heterocycles. The minimum atomic E-state index is 1.15. The van der Waals surface area contributed by atoms with Gasteiger partial charge in [-0.3, -0.25) is 0 Å². The van der Waals surface area contributed by atoms with Gasteiger partial charge in [-0.1, -0.05) is 0 Å². The van der Waals surface area contributed by atoms with E-state index in [2.05, 4.69) is 36.5 Å². The van der Waals surface area contributed by atoms with Crippen molar-refractivity contribution in [3.05, 3.63) is 45.5 Å². The molecule has 2 rings (SSSR count). The maximum atomic E-state index is 2.25. The molecule has 0 aromatic rings. The second kappa shape index (κ2) is 3.92. The molecule has 0 saturated carbocycles. The molecule has 12 heavy (non-hydrogen) atoms. The van der Waals surface area contributed by atoms with Crippen LogP contribution < -0.4 is 0 Å².